The second kappa shape index (κ2) is 7.44. The normalized spacial score (nSPS) is 19.3. The Hall–Kier alpha value is -2.43. The maximum Gasteiger partial charge on any atom is 0.256 e. The van der Waals surface area contributed by atoms with Gasteiger partial charge in [0, 0.05) is 20.6 Å². The van der Waals surface area contributed by atoms with E-state index in [9.17, 15) is 4.79 Å². The van der Waals surface area contributed by atoms with Crippen molar-refractivity contribution in [1.29, 1.82) is 0 Å². The summed E-state index contributed by atoms with van der Waals surface area (Å²) in [5.41, 5.74) is 2.43. The highest BCUT2D eigenvalue weighted by Gasteiger charge is 2.52. The van der Waals surface area contributed by atoms with Crippen LogP contribution in [0.15, 0.2) is 67.3 Å². The molecule has 0 unspecified atom stereocenters. The van der Waals surface area contributed by atoms with Crippen LogP contribution in [-0.4, -0.2) is 50.0 Å². The average molecular weight is 349 g/mol. The number of hydrogen-bond donors (Lipinski definition) is 0. The average Bonchev–Trinajstić information content (AvgIpc) is 2.90. The molecule has 0 saturated carbocycles. The number of benzene rings is 2. The number of anilines is 1. The van der Waals surface area contributed by atoms with Gasteiger partial charge in [-0.1, -0.05) is 54.6 Å². The van der Waals surface area contributed by atoms with Crippen molar-refractivity contribution in [2.24, 2.45) is 0 Å². The first kappa shape index (κ1) is 18.4. The Morgan fingerprint density at radius 3 is 2.35 bits per heavy atom. The molecule has 0 saturated heterocycles. The number of hydrogen-bond acceptors (Lipinski definition) is 3. The first-order valence-electron chi connectivity index (χ1n) is 8.98. The van der Waals surface area contributed by atoms with E-state index in [4.69, 9.17) is 0 Å². The quantitative estimate of drug-likeness (QED) is 0.718. The van der Waals surface area contributed by atoms with Gasteiger partial charge in [0.15, 0.2) is 0 Å². The van der Waals surface area contributed by atoms with Crippen molar-refractivity contribution >= 4 is 11.6 Å². The Bertz CT molecular complexity index is 787. The number of carbonyl (C=O) groups excluding carboxylic acids is 1. The number of carbonyl (C=O) groups is 1. The van der Waals surface area contributed by atoms with Crippen LogP contribution >= 0.6 is 0 Å². The van der Waals surface area contributed by atoms with Gasteiger partial charge in [-0.05, 0) is 37.2 Å². The molecule has 2 aromatic carbocycles. The molecular weight excluding hydrogens is 322 g/mol. The van der Waals surface area contributed by atoms with Crippen LogP contribution in [0.2, 0.25) is 0 Å². The number of fused-ring (bicyclic) bond motifs is 1. The Morgan fingerprint density at radius 2 is 1.69 bits per heavy atom. The highest BCUT2D eigenvalue weighted by molar-refractivity contribution is 6.09. The molecule has 4 nitrogen and oxygen atoms in total. The zero-order valence-corrected chi connectivity index (χ0v) is 15.9. The minimum absolute atomic E-state index is 0.113. The van der Waals surface area contributed by atoms with Crippen LogP contribution in [-0.2, 0) is 10.2 Å². The summed E-state index contributed by atoms with van der Waals surface area (Å²) in [4.78, 5) is 15.9. The summed E-state index contributed by atoms with van der Waals surface area (Å²) in [6.45, 7) is 5.43. The number of likely N-dealkylation sites (N-methyl/N-ethyl adjacent to an activating group) is 1. The van der Waals surface area contributed by atoms with Crippen LogP contribution in [0.25, 0.3) is 0 Å². The molecule has 1 heterocycles. The maximum atomic E-state index is 13.7. The van der Waals surface area contributed by atoms with Crippen LogP contribution in [0.1, 0.15) is 17.5 Å². The summed E-state index contributed by atoms with van der Waals surface area (Å²) >= 11 is 0. The van der Waals surface area contributed by atoms with Gasteiger partial charge >= 0.3 is 0 Å². The van der Waals surface area contributed by atoms with Gasteiger partial charge in [-0.25, -0.2) is 10.0 Å². The van der Waals surface area contributed by atoms with Crippen LogP contribution in [0.5, 0.6) is 0 Å². The van der Waals surface area contributed by atoms with E-state index in [2.05, 4.69) is 36.7 Å². The van der Waals surface area contributed by atoms with Crippen molar-refractivity contribution in [3.63, 3.8) is 0 Å². The number of amides is 1. The Kier molecular flexibility index (Phi) is 5.25. The number of nitrogens with zero attached hydrogens (tertiary/aromatic N) is 3. The minimum Gasteiger partial charge on any atom is -0.303 e. The van der Waals surface area contributed by atoms with E-state index in [1.165, 1.54) is 0 Å². The molecule has 0 radical (unpaired) electrons. The van der Waals surface area contributed by atoms with E-state index < -0.39 is 5.41 Å². The fraction of sp³-hybridized carbons (Fsp3) is 0.318. The molecule has 0 bridgehead atoms. The van der Waals surface area contributed by atoms with E-state index in [-0.39, 0.29) is 5.91 Å². The second-order valence-electron chi connectivity index (χ2n) is 7.05. The van der Waals surface area contributed by atoms with Crippen LogP contribution in [0.3, 0.4) is 0 Å². The Balaban J connectivity index is 2.14. The highest BCUT2D eigenvalue weighted by Crippen LogP contribution is 2.48. The van der Waals surface area contributed by atoms with Gasteiger partial charge in [0.2, 0.25) is 0 Å². The second-order valence-corrected chi connectivity index (χ2v) is 7.05. The van der Waals surface area contributed by atoms with E-state index in [0.29, 0.717) is 0 Å². The van der Waals surface area contributed by atoms with E-state index in [0.717, 1.165) is 36.3 Å². The van der Waals surface area contributed by atoms with Gasteiger partial charge < -0.3 is 4.90 Å². The molecule has 0 spiro atoms. The zero-order chi connectivity index (χ0) is 18.7. The summed E-state index contributed by atoms with van der Waals surface area (Å²) in [6.07, 6.45) is 2.62. The molecule has 0 aliphatic carbocycles. The third kappa shape index (κ3) is 2.96. The van der Waals surface area contributed by atoms with Crippen LogP contribution < -0.4 is 5.01 Å². The molecule has 3 rings (SSSR count). The van der Waals surface area contributed by atoms with Gasteiger partial charge in [-0.2, -0.15) is 0 Å². The van der Waals surface area contributed by atoms with Crippen molar-refractivity contribution in [1.82, 2.24) is 9.91 Å². The van der Waals surface area contributed by atoms with Gasteiger partial charge in [0.1, 0.15) is 5.41 Å². The first-order chi connectivity index (χ1) is 12.5. The minimum atomic E-state index is -0.669. The lowest BCUT2D eigenvalue weighted by molar-refractivity contribution is -0.124. The predicted octanol–water partition coefficient (Wildman–Crippen LogP) is 3.30. The van der Waals surface area contributed by atoms with Crippen molar-refractivity contribution in [2.75, 3.05) is 39.2 Å². The molecule has 1 aliphatic rings. The lowest BCUT2D eigenvalue weighted by Crippen LogP contribution is -2.48. The van der Waals surface area contributed by atoms with Crippen LogP contribution in [0.4, 0.5) is 5.69 Å². The Morgan fingerprint density at radius 1 is 1.04 bits per heavy atom. The standard InChI is InChI=1S/C22H27N3O/c1-5-16-24(4)17-15-22(18-11-7-6-8-12-18)19-13-9-10-14-20(19)25(21(22)26)23(2)3/h5-14H,1,15-17H2,2-4H3/t22-/m1/s1. The predicted molar refractivity (Wildman–Crippen MR) is 107 cm³/mol. The molecule has 0 N–H and O–H groups in total. The number of rotatable bonds is 7. The fourth-order valence-corrected chi connectivity index (χ4v) is 3.88. The van der Waals surface area contributed by atoms with Gasteiger partial charge in [0.25, 0.3) is 5.91 Å². The molecule has 1 amide bonds. The molecule has 1 aliphatic heterocycles. The lowest BCUT2D eigenvalue weighted by atomic mass is 9.73. The summed E-state index contributed by atoms with van der Waals surface area (Å²) < 4.78 is 0. The lowest BCUT2D eigenvalue weighted by Gasteiger charge is -2.32. The van der Waals surface area contributed by atoms with E-state index in [1.54, 1.807) is 5.01 Å². The SMILES string of the molecule is C=CCN(C)CC[C@]1(c2ccccc2)C(=O)N(N(C)C)c2ccccc21. The molecule has 1 atom stereocenters. The largest absolute Gasteiger partial charge is 0.303 e. The molecule has 0 aromatic heterocycles. The molecular formula is C22H27N3O. The van der Waals surface area contributed by atoms with Crippen LogP contribution in [0, 0.1) is 0 Å². The third-order valence-corrected chi connectivity index (χ3v) is 5.13. The fourth-order valence-electron chi connectivity index (χ4n) is 3.88. The smallest absolute Gasteiger partial charge is 0.256 e. The monoisotopic (exact) mass is 349 g/mol. The summed E-state index contributed by atoms with van der Waals surface area (Å²) in [7, 11) is 5.90. The summed E-state index contributed by atoms with van der Waals surface area (Å²) in [5, 5.41) is 3.68. The van der Waals surface area contributed by atoms with Gasteiger partial charge in [-0.3, -0.25) is 4.79 Å². The highest BCUT2D eigenvalue weighted by atomic mass is 16.2. The molecule has 4 heteroatoms. The number of hydrazine groups is 1. The van der Waals surface area contributed by atoms with Gasteiger partial charge in [-0.15, -0.1) is 6.58 Å². The zero-order valence-electron chi connectivity index (χ0n) is 15.9. The van der Waals surface area contributed by atoms with Crippen molar-refractivity contribution in [2.45, 2.75) is 11.8 Å². The van der Waals surface area contributed by atoms with E-state index >= 15 is 0 Å². The molecule has 136 valence electrons. The van der Waals surface area contributed by atoms with Crippen molar-refractivity contribution < 1.29 is 4.79 Å². The first-order valence-corrected chi connectivity index (χ1v) is 8.98. The molecule has 2 aromatic rings. The van der Waals surface area contributed by atoms with Crippen molar-refractivity contribution in [3.8, 4) is 0 Å². The number of para-hydroxylation sites is 1. The van der Waals surface area contributed by atoms with Gasteiger partial charge in [0.05, 0.1) is 5.69 Å². The maximum absolute atomic E-state index is 13.7. The Labute approximate surface area is 156 Å². The van der Waals surface area contributed by atoms with Crippen molar-refractivity contribution in [3.05, 3.63) is 78.4 Å². The topological polar surface area (TPSA) is 26.8 Å². The summed E-state index contributed by atoms with van der Waals surface area (Å²) in [5.74, 6) is 0.113. The molecule has 0 fully saturated rings. The summed E-state index contributed by atoms with van der Waals surface area (Å²) in [6, 6.07) is 18.3. The third-order valence-electron chi connectivity index (χ3n) is 5.13. The molecule has 26 heavy (non-hydrogen) atoms. The van der Waals surface area contributed by atoms with E-state index in [1.807, 2.05) is 61.6 Å².